The van der Waals surface area contributed by atoms with E-state index in [0.717, 1.165) is 0 Å². The van der Waals surface area contributed by atoms with Gasteiger partial charge in [-0.1, -0.05) is 31.6 Å². The molecule has 0 N–H and O–H groups in total. The Hall–Kier alpha value is -1.18. The number of hydrogen-bond acceptors (Lipinski definition) is 2. The molecule has 0 aliphatic heterocycles. The molecular weight excluding hydrogens is 291 g/mol. The lowest BCUT2D eigenvalue weighted by Gasteiger charge is -2.44. The average Bonchev–Trinajstić information content (AvgIpc) is 2.79. The van der Waals surface area contributed by atoms with E-state index in [9.17, 15) is 29.0 Å². The molecule has 0 saturated heterocycles. The van der Waals surface area contributed by atoms with Crippen LogP contribution in [0, 0.1) is 23.7 Å². The molecule has 3 rings (SSSR count). The van der Waals surface area contributed by atoms with E-state index in [0.29, 0.717) is 6.42 Å². The number of hydrogen-bond donors (Lipinski definition) is 0. The van der Waals surface area contributed by atoms with Crippen LogP contribution in [-0.2, 0) is 9.59 Å². The average molecular weight is 300 g/mol. The molecule has 2 nitrogen and oxygen atoms in total. The SMILES string of the molecule is O=C1C(S(F)(F)(F)(F)F)=CC(=O)[C@H]2[C@@H]1[C@H]1C=C[C@@H]2C1. The van der Waals surface area contributed by atoms with Crippen LogP contribution in [0.25, 0.3) is 0 Å². The first kappa shape index (κ1) is 12.8. The fourth-order valence-electron chi connectivity index (χ4n) is 3.33. The molecular formula is C11H9F5O2S. The van der Waals surface area contributed by atoms with Crippen molar-refractivity contribution in [3.8, 4) is 0 Å². The van der Waals surface area contributed by atoms with E-state index in [1.165, 1.54) is 0 Å². The Morgan fingerprint density at radius 1 is 0.947 bits per heavy atom. The van der Waals surface area contributed by atoms with Crippen molar-refractivity contribution >= 4 is 21.8 Å². The van der Waals surface area contributed by atoms with Crippen LogP contribution in [0.4, 0.5) is 19.4 Å². The predicted octanol–water partition coefficient (Wildman–Crippen LogP) is 3.76. The van der Waals surface area contributed by atoms with Crippen LogP contribution in [0.1, 0.15) is 6.42 Å². The van der Waals surface area contributed by atoms with E-state index in [4.69, 9.17) is 0 Å². The zero-order chi connectivity index (χ0) is 14.3. The highest BCUT2D eigenvalue weighted by Crippen LogP contribution is 3.02. The van der Waals surface area contributed by atoms with Gasteiger partial charge in [0.15, 0.2) is 16.5 Å². The molecule has 0 aromatic heterocycles. The van der Waals surface area contributed by atoms with Gasteiger partial charge in [-0.05, 0) is 18.3 Å². The summed E-state index contributed by atoms with van der Waals surface area (Å²) in [7, 11) is -10.1. The van der Waals surface area contributed by atoms with Crippen molar-refractivity contribution in [2.24, 2.45) is 23.7 Å². The van der Waals surface area contributed by atoms with Crippen molar-refractivity contribution in [1.82, 2.24) is 0 Å². The number of rotatable bonds is 1. The summed E-state index contributed by atoms with van der Waals surface area (Å²) in [6, 6.07) is 0. The Labute approximate surface area is 105 Å². The molecule has 8 heteroatoms. The first-order valence-corrected chi connectivity index (χ1v) is 7.56. The van der Waals surface area contributed by atoms with Crippen molar-refractivity contribution in [2.45, 2.75) is 6.42 Å². The third-order valence-electron chi connectivity index (χ3n) is 4.02. The number of carbonyl (C=O) groups is 2. The molecule has 1 saturated carbocycles. The van der Waals surface area contributed by atoms with Crippen LogP contribution in [0.3, 0.4) is 0 Å². The second-order valence-corrected chi connectivity index (χ2v) is 7.62. The van der Waals surface area contributed by atoms with Gasteiger partial charge < -0.3 is 0 Å². The summed E-state index contributed by atoms with van der Waals surface area (Å²) in [6.07, 6.45) is 3.43. The van der Waals surface area contributed by atoms with Gasteiger partial charge in [0.05, 0.1) is 0 Å². The largest absolute Gasteiger partial charge is 0.313 e. The van der Waals surface area contributed by atoms with Crippen molar-refractivity contribution < 1.29 is 29.0 Å². The van der Waals surface area contributed by atoms with Gasteiger partial charge in [0, 0.05) is 17.9 Å². The lowest BCUT2D eigenvalue weighted by molar-refractivity contribution is -0.129. The van der Waals surface area contributed by atoms with Gasteiger partial charge in [-0.25, -0.2) is 0 Å². The summed E-state index contributed by atoms with van der Waals surface area (Å²) < 4.78 is 63.8. The smallest absolute Gasteiger partial charge is 0.294 e. The molecule has 0 spiro atoms. The third kappa shape index (κ3) is 1.76. The maximum absolute atomic E-state index is 12.8. The molecule has 0 unspecified atom stereocenters. The summed E-state index contributed by atoms with van der Waals surface area (Å²) in [5.74, 6) is -5.64. The molecule has 106 valence electrons. The van der Waals surface area contributed by atoms with Crippen LogP contribution in [0.15, 0.2) is 23.1 Å². The van der Waals surface area contributed by atoms with Crippen LogP contribution in [-0.4, -0.2) is 11.6 Å². The van der Waals surface area contributed by atoms with E-state index < -0.39 is 44.4 Å². The first-order valence-electron chi connectivity index (χ1n) is 5.61. The second-order valence-electron chi connectivity index (χ2n) is 5.24. The zero-order valence-corrected chi connectivity index (χ0v) is 10.2. The van der Waals surface area contributed by atoms with Gasteiger partial charge in [0.25, 0.3) is 0 Å². The lowest BCUT2D eigenvalue weighted by atomic mass is 9.75. The van der Waals surface area contributed by atoms with Crippen LogP contribution in [0.5, 0.6) is 0 Å². The number of ketones is 2. The fourth-order valence-corrected chi connectivity index (χ4v) is 4.19. The molecule has 0 amide bonds. The third-order valence-corrected chi connectivity index (χ3v) is 5.17. The summed E-state index contributed by atoms with van der Waals surface area (Å²) in [5, 5.41) is 0. The normalized spacial score (nSPS) is 40.8. The minimum atomic E-state index is -10.1. The summed E-state index contributed by atoms with van der Waals surface area (Å²) >= 11 is 0. The van der Waals surface area contributed by atoms with Crippen molar-refractivity contribution in [2.75, 3.05) is 0 Å². The summed E-state index contributed by atoms with van der Waals surface area (Å²) in [5.41, 5.74) is 0. The van der Waals surface area contributed by atoms with Crippen LogP contribution < -0.4 is 0 Å². The van der Waals surface area contributed by atoms with Crippen molar-refractivity contribution in [3.05, 3.63) is 23.1 Å². The van der Waals surface area contributed by atoms with Gasteiger partial charge >= 0.3 is 10.2 Å². The Bertz CT molecular complexity index is 573. The Morgan fingerprint density at radius 3 is 2.00 bits per heavy atom. The predicted molar refractivity (Wildman–Crippen MR) is 58.9 cm³/mol. The number of Topliss-reactive ketones (excluding diaryl/α,β-unsaturated/α-hetero) is 1. The van der Waals surface area contributed by atoms with Crippen LogP contribution in [0.2, 0.25) is 0 Å². The quantitative estimate of drug-likeness (QED) is 0.546. The monoisotopic (exact) mass is 300 g/mol. The molecule has 3 aliphatic rings. The van der Waals surface area contributed by atoms with E-state index in [2.05, 4.69) is 0 Å². The molecule has 3 aliphatic carbocycles. The minimum Gasteiger partial charge on any atom is -0.294 e. The topological polar surface area (TPSA) is 34.1 Å². The Morgan fingerprint density at radius 2 is 1.47 bits per heavy atom. The van der Waals surface area contributed by atoms with E-state index in [-0.39, 0.29) is 12.0 Å². The number of fused-ring (bicyclic) bond motifs is 5. The highest BCUT2D eigenvalue weighted by atomic mass is 32.5. The highest BCUT2D eigenvalue weighted by molar-refractivity contribution is 8.49. The molecule has 2 bridgehead atoms. The van der Waals surface area contributed by atoms with E-state index in [1.54, 1.807) is 12.2 Å². The maximum atomic E-state index is 12.8. The molecule has 19 heavy (non-hydrogen) atoms. The van der Waals surface area contributed by atoms with Gasteiger partial charge in [-0.3, -0.25) is 9.59 Å². The van der Waals surface area contributed by atoms with Crippen molar-refractivity contribution in [1.29, 1.82) is 0 Å². The maximum Gasteiger partial charge on any atom is 0.313 e. The van der Waals surface area contributed by atoms with Crippen LogP contribution >= 0.6 is 10.2 Å². The van der Waals surface area contributed by atoms with Gasteiger partial charge in [-0.2, -0.15) is 0 Å². The van der Waals surface area contributed by atoms with Crippen molar-refractivity contribution in [3.63, 3.8) is 0 Å². The Kier molecular flexibility index (Phi) is 1.89. The fraction of sp³-hybridized carbons (Fsp3) is 0.455. The van der Waals surface area contributed by atoms with Gasteiger partial charge in [0.2, 0.25) is 0 Å². The molecule has 0 aromatic rings. The first-order chi connectivity index (χ1) is 8.38. The Balaban J connectivity index is 2.14. The molecule has 0 radical (unpaired) electrons. The molecule has 1 fully saturated rings. The highest BCUT2D eigenvalue weighted by Gasteiger charge is 2.72. The summed E-state index contributed by atoms with van der Waals surface area (Å²) in [6.45, 7) is 0. The molecule has 0 aromatic carbocycles. The number of allylic oxidation sites excluding steroid dienone is 4. The summed E-state index contributed by atoms with van der Waals surface area (Å²) in [4.78, 5) is 20.9. The molecule has 4 atom stereocenters. The zero-order valence-electron chi connectivity index (χ0n) is 9.36. The van der Waals surface area contributed by atoms with E-state index >= 15 is 0 Å². The van der Waals surface area contributed by atoms with Gasteiger partial charge in [-0.15, -0.1) is 0 Å². The second kappa shape index (κ2) is 2.79. The standard InChI is InChI=1S/C11H9F5O2S/c12-19(13,14,15,16)8-4-7(17)9-5-1-2-6(3-5)10(9)11(8)18/h1-2,4-6,9-10H,3H2/t5-,6+,9+,10+/m1/s1. The van der Waals surface area contributed by atoms with E-state index in [1.807, 2.05) is 0 Å². The molecule has 0 heterocycles. The number of halogens is 5. The minimum absolute atomic E-state index is 0.181. The lowest BCUT2D eigenvalue weighted by Crippen LogP contribution is -2.39. The van der Waals surface area contributed by atoms with Gasteiger partial charge in [0.1, 0.15) is 0 Å². The number of carbonyl (C=O) groups excluding carboxylic acids is 2.